The van der Waals surface area contributed by atoms with Crippen molar-refractivity contribution in [1.82, 2.24) is 0 Å². The van der Waals surface area contributed by atoms with Gasteiger partial charge in [-0.15, -0.1) is 0 Å². The van der Waals surface area contributed by atoms with Gasteiger partial charge in [0.1, 0.15) is 5.58 Å². The Labute approximate surface area is 523 Å². The van der Waals surface area contributed by atoms with Crippen LogP contribution in [-0.4, -0.2) is 6.71 Å². The van der Waals surface area contributed by atoms with Crippen molar-refractivity contribution in [2.75, 3.05) is 14.7 Å². The van der Waals surface area contributed by atoms with Gasteiger partial charge in [-0.3, -0.25) is 0 Å². The van der Waals surface area contributed by atoms with Gasteiger partial charge in [0, 0.05) is 50.5 Å². The second-order valence-corrected chi connectivity index (χ2v) is 31.8. The van der Waals surface area contributed by atoms with Gasteiger partial charge in [0.15, 0.2) is 0 Å². The summed E-state index contributed by atoms with van der Waals surface area (Å²) in [5.74, 6) is 0. The quantitative estimate of drug-likeness (QED) is 0.160. The summed E-state index contributed by atoms with van der Waals surface area (Å²) in [5.41, 5.74) is 30.8. The SMILES string of the molecule is CC(C)(C)c1ccc2c(c1)-c1cccc(c1)C1(C)CCC(C)(C)c3cc4c(cc31)N2c1cc(N(c2ccccc2)c2ccc(-c3ccccc3)cc2)cc2c1B4c1oc3cc4c(cc3c1N2c1ccc2c(c1)C(C)(C)CCC2(C)C)C(C)(C)CCC4(C)C. The molecule has 10 aromatic rings. The fraction of sp³-hybridized carbons (Fsp3) is 0.325. The topological polar surface area (TPSA) is 22.9 Å². The molecule has 4 heterocycles. The van der Waals surface area contributed by atoms with Crippen LogP contribution in [0.25, 0.3) is 33.2 Å². The molecule has 4 bridgehead atoms. The van der Waals surface area contributed by atoms with Crippen LogP contribution >= 0.6 is 0 Å². The molecule has 0 radical (unpaired) electrons. The molecule has 1 unspecified atom stereocenters. The fourth-order valence-corrected chi connectivity index (χ4v) is 17.0. The Hall–Kier alpha value is -8.02. The van der Waals surface area contributed by atoms with Gasteiger partial charge in [0.25, 0.3) is 6.71 Å². The van der Waals surface area contributed by atoms with E-state index in [1.165, 1.54) is 112 Å². The zero-order valence-electron chi connectivity index (χ0n) is 54.4. The van der Waals surface area contributed by atoms with Crippen molar-refractivity contribution in [3.63, 3.8) is 0 Å². The maximum absolute atomic E-state index is 7.98. The third-order valence-electron chi connectivity index (χ3n) is 22.8. The minimum absolute atomic E-state index is 0.00698. The van der Waals surface area contributed by atoms with E-state index in [0.717, 1.165) is 72.5 Å². The highest BCUT2D eigenvalue weighted by molar-refractivity contribution is 7.00. The van der Waals surface area contributed by atoms with Crippen molar-refractivity contribution in [3.05, 3.63) is 226 Å². The molecule has 0 fully saturated rings. The molecular weight excluding hydrogens is 1070 g/mol. The highest BCUT2D eigenvalue weighted by atomic mass is 16.3. The highest BCUT2D eigenvalue weighted by Gasteiger charge is 2.52. The number of hydrogen-bond acceptors (Lipinski definition) is 4. The second-order valence-electron chi connectivity index (χ2n) is 31.8. The van der Waals surface area contributed by atoms with Crippen molar-refractivity contribution in [2.45, 2.75) is 173 Å². The maximum atomic E-state index is 7.98. The lowest BCUT2D eigenvalue weighted by Gasteiger charge is -2.48. The number of benzene rings is 9. The minimum atomic E-state index is -0.238. The number of rotatable bonds is 5. The molecule has 1 atom stereocenters. The van der Waals surface area contributed by atoms with Crippen LogP contribution < -0.4 is 31.3 Å². The average Bonchev–Trinajstić information content (AvgIpc) is 1.12. The first kappa shape index (κ1) is 55.3. The van der Waals surface area contributed by atoms with E-state index in [0.29, 0.717) is 0 Å². The summed E-state index contributed by atoms with van der Waals surface area (Å²) in [6, 6.07) is 71.3. The first-order valence-corrected chi connectivity index (χ1v) is 32.8. The average molecular weight is 1150 g/mol. The van der Waals surface area contributed by atoms with Gasteiger partial charge in [-0.25, -0.2) is 0 Å². The minimum Gasteiger partial charge on any atom is -0.468 e. The fourth-order valence-electron chi connectivity index (χ4n) is 17.0. The Bertz CT molecular complexity index is 4550. The van der Waals surface area contributed by atoms with E-state index < -0.39 is 0 Å². The molecule has 0 saturated carbocycles. The van der Waals surface area contributed by atoms with Gasteiger partial charge in [-0.2, -0.15) is 0 Å². The molecule has 1 aromatic heterocycles. The summed E-state index contributed by atoms with van der Waals surface area (Å²) in [4.78, 5) is 7.91. The Morgan fingerprint density at radius 2 is 0.989 bits per heavy atom. The Morgan fingerprint density at radius 3 is 1.66 bits per heavy atom. The zero-order chi connectivity index (χ0) is 61.0. The Morgan fingerprint density at radius 1 is 0.420 bits per heavy atom. The third-order valence-corrected chi connectivity index (χ3v) is 22.8. The van der Waals surface area contributed by atoms with E-state index in [-0.39, 0.29) is 44.6 Å². The molecule has 5 heteroatoms. The van der Waals surface area contributed by atoms with Crippen LogP contribution in [0.5, 0.6) is 0 Å². The van der Waals surface area contributed by atoms with Crippen LogP contribution in [0, 0.1) is 0 Å². The number of hydrogen-bond donors (Lipinski definition) is 0. The predicted molar refractivity (Wildman–Crippen MR) is 374 cm³/mol. The van der Waals surface area contributed by atoms with Gasteiger partial charge in [0.05, 0.1) is 22.7 Å². The van der Waals surface area contributed by atoms with Crippen LogP contribution in [0.15, 0.2) is 186 Å². The largest absolute Gasteiger partial charge is 0.468 e. The molecule has 3 aliphatic heterocycles. The highest BCUT2D eigenvalue weighted by Crippen LogP contribution is 2.58. The number of para-hydroxylation sites is 1. The van der Waals surface area contributed by atoms with Gasteiger partial charge in [0.2, 0.25) is 0 Å². The van der Waals surface area contributed by atoms with Gasteiger partial charge in [-0.05, 0) is 222 Å². The van der Waals surface area contributed by atoms with Gasteiger partial charge >= 0.3 is 0 Å². The molecular formula is C83H84BN3O. The van der Waals surface area contributed by atoms with E-state index in [1.807, 2.05) is 0 Å². The van der Waals surface area contributed by atoms with Crippen molar-refractivity contribution in [2.24, 2.45) is 0 Å². The number of nitrogens with zero attached hydrogens (tertiary/aromatic N) is 3. The standard InChI is InChI=1S/C83H84BN3O/c1-77(2,3)54-30-35-69-60(43-54)53-24-21-25-55(42-53)83(14)41-40-82(12,13)65-48-68-70(49-67(65)83)87(69)72-46-59(85(56-26-19-16-20-27-56)57-31-28-52(29-32-57)51-22-17-15-18-23-51)45-71-74(72)84(68)76-75(61-47-64-66(50-73(61)88-76)81(10,11)39-38-80(64,8)9)86(71)58-33-34-62-63(44-58)79(6,7)37-36-78(62,4)5/h15-35,42-50H,36-41H2,1-14H3. The summed E-state index contributed by atoms with van der Waals surface area (Å²) in [5, 5.41) is 1.19. The summed E-state index contributed by atoms with van der Waals surface area (Å²) >= 11 is 0. The molecule has 0 N–H and O–H groups in total. The summed E-state index contributed by atoms with van der Waals surface area (Å²) in [6.45, 7) is 34.1. The molecule has 9 aromatic carbocycles. The molecule has 0 amide bonds. The van der Waals surface area contributed by atoms with Crippen molar-refractivity contribution >= 4 is 85.5 Å². The van der Waals surface area contributed by atoms with Crippen molar-refractivity contribution in [1.29, 1.82) is 0 Å². The Kier molecular flexibility index (Phi) is 11.6. The second kappa shape index (κ2) is 18.5. The van der Waals surface area contributed by atoms with Gasteiger partial charge < -0.3 is 19.1 Å². The van der Waals surface area contributed by atoms with Crippen molar-refractivity contribution in [3.8, 4) is 22.3 Å². The van der Waals surface area contributed by atoms with Crippen LogP contribution in [0.2, 0.25) is 0 Å². The number of fused-ring (bicyclic) bond motifs is 14. The molecule has 6 aliphatic rings. The van der Waals surface area contributed by atoms with E-state index >= 15 is 0 Å². The van der Waals surface area contributed by atoms with E-state index in [9.17, 15) is 0 Å². The number of furan rings is 1. The molecule has 88 heavy (non-hydrogen) atoms. The molecule has 0 spiro atoms. The molecule has 16 rings (SSSR count). The lowest BCUT2D eigenvalue weighted by molar-refractivity contribution is 0.332. The normalized spacial score (nSPS) is 19.9. The lowest BCUT2D eigenvalue weighted by Crippen LogP contribution is -2.61. The van der Waals surface area contributed by atoms with Crippen LogP contribution in [0.4, 0.5) is 51.2 Å². The molecule has 440 valence electrons. The zero-order valence-corrected chi connectivity index (χ0v) is 54.4. The van der Waals surface area contributed by atoms with Crippen LogP contribution in [0.1, 0.15) is 180 Å². The Balaban J connectivity index is 1.08. The summed E-state index contributed by atoms with van der Waals surface area (Å²) < 4.78 is 7.98. The summed E-state index contributed by atoms with van der Waals surface area (Å²) in [6.07, 6.45) is 6.68. The monoisotopic (exact) mass is 1150 g/mol. The summed E-state index contributed by atoms with van der Waals surface area (Å²) in [7, 11) is 0. The van der Waals surface area contributed by atoms with Crippen LogP contribution in [-0.2, 0) is 37.9 Å². The number of anilines is 9. The smallest absolute Gasteiger partial charge is 0.297 e. The lowest BCUT2D eigenvalue weighted by atomic mass is 9.35. The van der Waals surface area contributed by atoms with E-state index in [2.05, 4.69) is 294 Å². The molecule has 3 aliphatic carbocycles. The van der Waals surface area contributed by atoms with E-state index in [4.69, 9.17) is 4.42 Å². The molecule has 0 saturated heterocycles. The first-order valence-electron chi connectivity index (χ1n) is 32.8. The van der Waals surface area contributed by atoms with Crippen molar-refractivity contribution < 1.29 is 4.42 Å². The van der Waals surface area contributed by atoms with Crippen LogP contribution in [0.3, 0.4) is 0 Å². The predicted octanol–water partition coefficient (Wildman–Crippen LogP) is 21.0. The maximum Gasteiger partial charge on any atom is 0.297 e. The van der Waals surface area contributed by atoms with Gasteiger partial charge in [-0.1, -0.05) is 200 Å². The first-order chi connectivity index (χ1) is 41.8. The third kappa shape index (κ3) is 8.09. The van der Waals surface area contributed by atoms with E-state index in [1.54, 1.807) is 0 Å². The molecule has 4 nitrogen and oxygen atoms in total.